The molecular weight excluding hydrogens is 480 g/mol. The van der Waals surface area contributed by atoms with Crippen molar-refractivity contribution in [3.05, 3.63) is 40.9 Å². The Hall–Kier alpha value is -3.11. The molecule has 1 aromatic carbocycles. The third kappa shape index (κ3) is 4.92. The van der Waals surface area contributed by atoms with Crippen LogP contribution in [0.25, 0.3) is 17.0 Å². The highest BCUT2D eigenvalue weighted by Crippen LogP contribution is 2.34. The number of likely N-dealkylation sites (tertiary alicyclic amines) is 1. The summed E-state index contributed by atoms with van der Waals surface area (Å²) in [4.78, 5) is 56.2. The van der Waals surface area contributed by atoms with Crippen molar-refractivity contribution in [1.29, 1.82) is 0 Å². The average molecular weight is 511 g/mol. The van der Waals surface area contributed by atoms with Gasteiger partial charge in [-0.25, -0.2) is 0 Å². The van der Waals surface area contributed by atoms with E-state index in [4.69, 9.17) is 4.74 Å². The molecular formula is C26H30N4O5S. The normalized spacial score (nSPS) is 22.2. The molecule has 0 aliphatic carbocycles. The third-order valence-corrected chi connectivity index (χ3v) is 7.97. The topological polar surface area (TPSA) is 92.2 Å². The Morgan fingerprint density at radius 3 is 2.61 bits per heavy atom. The van der Waals surface area contributed by atoms with Gasteiger partial charge in [0.05, 0.1) is 18.1 Å². The molecule has 4 heterocycles. The fourth-order valence-electron chi connectivity index (χ4n) is 5.05. The quantitative estimate of drug-likeness (QED) is 0.575. The van der Waals surface area contributed by atoms with Gasteiger partial charge in [0, 0.05) is 48.3 Å². The summed E-state index contributed by atoms with van der Waals surface area (Å²) in [6, 6.07) is 7.95. The predicted octanol–water partition coefficient (Wildman–Crippen LogP) is 2.94. The summed E-state index contributed by atoms with van der Waals surface area (Å²) < 4.78 is 7.18. The molecule has 0 spiro atoms. The highest BCUT2D eigenvalue weighted by molar-refractivity contribution is 8.18. The first kappa shape index (κ1) is 24.6. The van der Waals surface area contributed by atoms with E-state index in [-0.39, 0.29) is 35.9 Å². The fourth-order valence-corrected chi connectivity index (χ4v) is 5.88. The molecule has 3 aliphatic heterocycles. The molecule has 0 saturated carbocycles. The van der Waals surface area contributed by atoms with E-state index >= 15 is 0 Å². The van der Waals surface area contributed by atoms with E-state index in [1.165, 1.54) is 0 Å². The van der Waals surface area contributed by atoms with E-state index in [0.717, 1.165) is 58.9 Å². The number of carbonyl (C=O) groups excluding carboxylic acids is 4. The number of hydrogen-bond donors (Lipinski definition) is 0. The molecule has 1 aromatic heterocycles. The molecule has 3 fully saturated rings. The number of thioether (sulfide) groups is 1. The van der Waals surface area contributed by atoms with Crippen LogP contribution < -0.4 is 0 Å². The monoisotopic (exact) mass is 510 g/mol. The predicted molar refractivity (Wildman–Crippen MR) is 137 cm³/mol. The van der Waals surface area contributed by atoms with Gasteiger partial charge in [-0.1, -0.05) is 18.2 Å². The average Bonchev–Trinajstić information content (AvgIpc) is 3.36. The van der Waals surface area contributed by atoms with Gasteiger partial charge in [-0.2, -0.15) is 0 Å². The van der Waals surface area contributed by atoms with Gasteiger partial charge in [0.25, 0.3) is 11.1 Å². The van der Waals surface area contributed by atoms with Gasteiger partial charge in [0.1, 0.15) is 13.1 Å². The molecule has 0 N–H and O–H groups in total. The summed E-state index contributed by atoms with van der Waals surface area (Å²) in [6.45, 7) is 4.64. The number of nitrogens with zero attached hydrogens (tertiary/aromatic N) is 4. The molecule has 0 unspecified atom stereocenters. The van der Waals surface area contributed by atoms with Crippen LogP contribution in [0.2, 0.25) is 0 Å². The molecule has 2 aromatic rings. The van der Waals surface area contributed by atoms with E-state index in [0.29, 0.717) is 26.3 Å². The second-order valence-electron chi connectivity index (χ2n) is 9.42. The van der Waals surface area contributed by atoms with Crippen LogP contribution in [0.5, 0.6) is 0 Å². The molecule has 4 amide bonds. The largest absolute Gasteiger partial charge is 0.378 e. The molecule has 36 heavy (non-hydrogen) atoms. The molecule has 190 valence electrons. The number of amides is 4. The van der Waals surface area contributed by atoms with Crippen molar-refractivity contribution in [2.45, 2.75) is 38.8 Å². The number of ether oxygens (including phenoxy) is 1. The van der Waals surface area contributed by atoms with Crippen LogP contribution in [0.15, 0.2) is 35.4 Å². The Balaban J connectivity index is 1.36. The number of morpholine rings is 1. The molecule has 0 radical (unpaired) electrons. The minimum absolute atomic E-state index is 0.0800. The zero-order chi connectivity index (χ0) is 25.2. The van der Waals surface area contributed by atoms with E-state index in [9.17, 15) is 19.2 Å². The van der Waals surface area contributed by atoms with Crippen molar-refractivity contribution in [3.8, 4) is 0 Å². The number of imide groups is 1. The highest BCUT2D eigenvalue weighted by Gasteiger charge is 2.37. The summed E-state index contributed by atoms with van der Waals surface area (Å²) in [5.41, 5.74) is 1.65. The number of benzene rings is 1. The van der Waals surface area contributed by atoms with Gasteiger partial charge in [0.15, 0.2) is 0 Å². The number of aromatic nitrogens is 1. The molecule has 10 heteroatoms. The number of rotatable bonds is 5. The molecule has 0 bridgehead atoms. The van der Waals surface area contributed by atoms with Gasteiger partial charge in [-0.05, 0) is 50.1 Å². The first-order valence-corrected chi connectivity index (χ1v) is 13.2. The van der Waals surface area contributed by atoms with E-state index in [1.807, 2.05) is 39.9 Å². The Morgan fingerprint density at radius 1 is 1.06 bits per heavy atom. The van der Waals surface area contributed by atoms with Gasteiger partial charge in [-0.15, -0.1) is 0 Å². The smallest absolute Gasteiger partial charge is 0.294 e. The minimum atomic E-state index is -0.471. The second-order valence-corrected chi connectivity index (χ2v) is 10.4. The van der Waals surface area contributed by atoms with Crippen LogP contribution in [0.4, 0.5) is 4.79 Å². The maximum Gasteiger partial charge on any atom is 0.294 e. The van der Waals surface area contributed by atoms with Crippen LogP contribution in [-0.2, 0) is 25.7 Å². The number of fused-ring (bicyclic) bond motifs is 1. The SMILES string of the molecule is C[C@H]1CCCCN1C(=O)Cn1cc(/C=C2\SC(=O)N(CC(=O)N3CCOCC3)C2=O)c2ccccc21. The lowest BCUT2D eigenvalue weighted by Gasteiger charge is -2.33. The lowest BCUT2D eigenvalue weighted by atomic mass is 10.0. The lowest BCUT2D eigenvalue weighted by Crippen LogP contribution is -2.46. The third-order valence-electron chi connectivity index (χ3n) is 7.07. The van der Waals surface area contributed by atoms with Crippen molar-refractivity contribution in [3.63, 3.8) is 0 Å². The van der Waals surface area contributed by atoms with E-state index in [1.54, 1.807) is 11.0 Å². The number of hydrogen-bond acceptors (Lipinski definition) is 6. The standard InChI is InChI=1S/C26H30N4O5S/c1-18-6-4-5-9-29(18)24(32)16-28-15-19(20-7-2-3-8-21(20)28)14-22-25(33)30(26(34)36-22)17-23(31)27-10-12-35-13-11-27/h2-3,7-8,14-15,18H,4-6,9-13,16-17H2,1H3/b22-14-/t18-/m0/s1. The van der Waals surface area contributed by atoms with Crippen LogP contribution in [0.1, 0.15) is 31.7 Å². The fraction of sp³-hybridized carbons (Fsp3) is 0.462. The zero-order valence-electron chi connectivity index (χ0n) is 20.4. The summed E-state index contributed by atoms with van der Waals surface area (Å²) >= 11 is 0.839. The van der Waals surface area contributed by atoms with Crippen molar-refractivity contribution < 1.29 is 23.9 Å². The van der Waals surface area contributed by atoms with Crippen molar-refractivity contribution in [2.24, 2.45) is 0 Å². The van der Waals surface area contributed by atoms with Gasteiger partial charge < -0.3 is 19.1 Å². The van der Waals surface area contributed by atoms with Crippen LogP contribution in [0, 0.1) is 0 Å². The van der Waals surface area contributed by atoms with Gasteiger partial charge in [0.2, 0.25) is 11.8 Å². The molecule has 3 aliphatic rings. The van der Waals surface area contributed by atoms with Crippen LogP contribution in [-0.4, -0.2) is 87.7 Å². The minimum Gasteiger partial charge on any atom is -0.378 e. The Bertz CT molecular complexity index is 1230. The maximum absolute atomic E-state index is 13.1. The summed E-state index contributed by atoms with van der Waals surface area (Å²) in [5, 5.41) is 0.444. The Morgan fingerprint density at radius 2 is 1.83 bits per heavy atom. The Kier molecular flexibility index (Phi) is 7.15. The van der Waals surface area contributed by atoms with E-state index < -0.39 is 11.1 Å². The maximum atomic E-state index is 13.1. The second kappa shape index (κ2) is 10.5. The Labute approximate surface area is 214 Å². The zero-order valence-corrected chi connectivity index (χ0v) is 21.2. The summed E-state index contributed by atoms with van der Waals surface area (Å²) in [7, 11) is 0. The van der Waals surface area contributed by atoms with Crippen LogP contribution >= 0.6 is 11.8 Å². The van der Waals surface area contributed by atoms with Crippen LogP contribution in [0.3, 0.4) is 0 Å². The van der Waals surface area contributed by atoms with E-state index in [2.05, 4.69) is 6.92 Å². The molecule has 1 atom stereocenters. The first-order valence-electron chi connectivity index (χ1n) is 12.4. The van der Waals surface area contributed by atoms with Gasteiger partial charge >= 0.3 is 0 Å². The van der Waals surface area contributed by atoms with Crippen molar-refractivity contribution in [2.75, 3.05) is 39.4 Å². The first-order chi connectivity index (χ1) is 17.4. The number of piperidine rings is 1. The summed E-state index contributed by atoms with van der Waals surface area (Å²) in [5.74, 6) is -0.651. The lowest BCUT2D eigenvalue weighted by molar-refractivity contribution is -0.139. The van der Waals surface area contributed by atoms with Crippen molar-refractivity contribution in [1.82, 2.24) is 19.3 Å². The number of para-hydroxylation sites is 1. The number of carbonyl (C=O) groups is 4. The molecule has 5 rings (SSSR count). The molecule has 3 saturated heterocycles. The van der Waals surface area contributed by atoms with Crippen molar-refractivity contribution >= 4 is 51.7 Å². The molecule has 9 nitrogen and oxygen atoms in total. The highest BCUT2D eigenvalue weighted by atomic mass is 32.2. The van der Waals surface area contributed by atoms with Gasteiger partial charge in [-0.3, -0.25) is 24.1 Å². The summed E-state index contributed by atoms with van der Waals surface area (Å²) in [6.07, 6.45) is 6.75.